The molecule has 1 unspecified atom stereocenters. The number of hydrogen-bond donors (Lipinski definition) is 1. The fraction of sp³-hybridized carbons (Fsp3) is 0.294. The molecule has 0 aliphatic carbocycles. The van der Waals surface area contributed by atoms with Crippen molar-refractivity contribution in [2.24, 2.45) is 5.73 Å². The van der Waals surface area contributed by atoms with Crippen LogP contribution in [0.1, 0.15) is 18.1 Å². The van der Waals surface area contributed by atoms with Crippen molar-refractivity contribution < 1.29 is 9.47 Å². The molecule has 0 aromatic heterocycles. The average Bonchev–Trinajstić information content (AvgIpc) is 2.47. The van der Waals surface area contributed by atoms with Gasteiger partial charge in [0.05, 0.1) is 7.11 Å². The SMILES string of the molecule is COc1ccc(OCc2ccc(I)cc2)c(CC(C)N)c1. The molecule has 0 radical (unpaired) electrons. The molecular formula is C17H20INO2. The van der Waals surface area contributed by atoms with Crippen molar-refractivity contribution in [2.45, 2.75) is 26.0 Å². The third-order valence-electron chi connectivity index (χ3n) is 3.12. The van der Waals surface area contributed by atoms with Crippen LogP contribution >= 0.6 is 22.6 Å². The maximum atomic E-state index is 5.95. The molecule has 0 amide bonds. The van der Waals surface area contributed by atoms with E-state index in [4.69, 9.17) is 15.2 Å². The Bertz CT molecular complexity index is 582. The van der Waals surface area contributed by atoms with Gasteiger partial charge in [-0.05, 0) is 77.4 Å². The van der Waals surface area contributed by atoms with Gasteiger partial charge in [0.1, 0.15) is 18.1 Å². The quantitative estimate of drug-likeness (QED) is 0.755. The molecule has 0 saturated heterocycles. The fourth-order valence-electron chi connectivity index (χ4n) is 2.07. The lowest BCUT2D eigenvalue weighted by Crippen LogP contribution is -2.18. The van der Waals surface area contributed by atoms with E-state index in [2.05, 4.69) is 46.9 Å². The summed E-state index contributed by atoms with van der Waals surface area (Å²) in [7, 11) is 1.66. The van der Waals surface area contributed by atoms with E-state index in [-0.39, 0.29) is 6.04 Å². The first-order chi connectivity index (χ1) is 10.1. The van der Waals surface area contributed by atoms with Gasteiger partial charge in [-0.3, -0.25) is 0 Å². The molecule has 4 heteroatoms. The Hall–Kier alpha value is -1.27. The topological polar surface area (TPSA) is 44.5 Å². The van der Waals surface area contributed by atoms with Gasteiger partial charge in [-0.1, -0.05) is 12.1 Å². The highest BCUT2D eigenvalue weighted by Crippen LogP contribution is 2.26. The molecule has 2 aromatic carbocycles. The highest BCUT2D eigenvalue weighted by atomic mass is 127. The van der Waals surface area contributed by atoms with Crippen LogP contribution in [0, 0.1) is 3.57 Å². The number of methoxy groups -OCH3 is 1. The van der Waals surface area contributed by atoms with Crippen LogP contribution in [0.2, 0.25) is 0 Å². The van der Waals surface area contributed by atoms with Crippen LogP contribution in [0.3, 0.4) is 0 Å². The zero-order valence-corrected chi connectivity index (χ0v) is 14.5. The number of nitrogens with two attached hydrogens (primary N) is 1. The molecule has 0 aliphatic rings. The highest BCUT2D eigenvalue weighted by molar-refractivity contribution is 14.1. The highest BCUT2D eigenvalue weighted by Gasteiger charge is 2.08. The van der Waals surface area contributed by atoms with E-state index in [1.165, 1.54) is 3.57 Å². The second-order valence-corrected chi connectivity index (χ2v) is 6.32. The van der Waals surface area contributed by atoms with Gasteiger partial charge < -0.3 is 15.2 Å². The zero-order chi connectivity index (χ0) is 15.2. The van der Waals surface area contributed by atoms with Crippen molar-refractivity contribution in [1.82, 2.24) is 0 Å². The van der Waals surface area contributed by atoms with Crippen molar-refractivity contribution in [3.05, 3.63) is 57.2 Å². The molecule has 2 aromatic rings. The molecular weight excluding hydrogens is 377 g/mol. The largest absolute Gasteiger partial charge is 0.497 e. The van der Waals surface area contributed by atoms with Gasteiger partial charge in [0.25, 0.3) is 0 Å². The normalized spacial score (nSPS) is 12.0. The first-order valence-corrected chi connectivity index (χ1v) is 7.96. The van der Waals surface area contributed by atoms with Crippen molar-refractivity contribution in [1.29, 1.82) is 0 Å². The Morgan fingerprint density at radius 2 is 1.86 bits per heavy atom. The molecule has 1 atom stereocenters. The summed E-state index contributed by atoms with van der Waals surface area (Å²) in [5, 5.41) is 0. The maximum absolute atomic E-state index is 5.95. The molecule has 2 rings (SSSR count). The molecule has 0 heterocycles. The Labute approximate surface area is 139 Å². The summed E-state index contributed by atoms with van der Waals surface area (Å²) in [5.74, 6) is 1.69. The van der Waals surface area contributed by atoms with Gasteiger partial charge in [-0.25, -0.2) is 0 Å². The summed E-state index contributed by atoms with van der Waals surface area (Å²) in [6, 6.07) is 14.3. The summed E-state index contributed by atoms with van der Waals surface area (Å²) in [5.41, 5.74) is 8.14. The van der Waals surface area contributed by atoms with E-state index in [9.17, 15) is 0 Å². The Balaban J connectivity index is 2.12. The van der Waals surface area contributed by atoms with Gasteiger partial charge in [0.15, 0.2) is 0 Å². The Morgan fingerprint density at radius 1 is 1.14 bits per heavy atom. The van der Waals surface area contributed by atoms with Crippen molar-refractivity contribution in [3.8, 4) is 11.5 Å². The lowest BCUT2D eigenvalue weighted by Gasteiger charge is -2.14. The monoisotopic (exact) mass is 397 g/mol. The molecule has 3 nitrogen and oxygen atoms in total. The van der Waals surface area contributed by atoms with Crippen LogP contribution in [-0.2, 0) is 13.0 Å². The third kappa shape index (κ3) is 4.89. The molecule has 0 fully saturated rings. The first-order valence-electron chi connectivity index (χ1n) is 6.88. The van der Waals surface area contributed by atoms with Crippen LogP contribution in [-0.4, -0.2) is 13.2 Å². The van der Waals surface area contributed by atoms with E-state index in [0.29, 0.717) is 6.61 Å². The lowest BCUT2D eigenvalue weighted by molar-refractivity contribution is 0.301. The number of benzene rings is 2. The smallest absolute Gasteiger partial charge is 0.123 e. The van der Waals surface area contributed by atoms with Gasteiger partial charge in [-0.2, -0.15) is 0 Å². The predicted molar refractivity (Wildman–Crippen MR) is 93.8 cm³/mol. The van der Waals surface area contributed by atoms with E-state index in [1.54, 1.807) is 7.11 Å². The molecule has 2 N–H and O–H groups in total. The van der Waals surface area contributed by atoms with E-state index < -0.39 is 0 Å². The second kappa shape index (κ2) is 7.66. The first kappa shape index (κ1) is 16.1. The summed E-state index contributed by atoms with van der Waals surface area (Å²) in [4.78, 5) is 0. The van der Waals surface area contributed by atoms with Crippen molar-refractivity contribution >= 4 is 22.6 Å². The summed E-state index contributed by atoms with van der Waals surface area (Å²) >= 11 is 2.29. The molecule has 21 heavy (non-hydrogen) atoms. The van der Waals surface area contributed by atoms with Crippen molar-refractivity contribution in [2.75, 3.05) is 7.11 Å². The fourth-order valence-corrected chi connectivity index (χ4v) is 2.43. The van der Waals surface area contributed by atoms with E-state index in [1.807, 2.05) is 25.1 Å². The summed E-state index contributed by atoms with van der Waals surface area (Å²) in [6.45, 7) is 2.54. The van der Waals surface area contributed by atoms with Crippen molar-refractivity contribution in [3.63, 3.8) is 0 Å². The van der Waals surface area contributed by atoms with Crippen LogP contribution < -0.4 is 15.2 Å². The predicted octanol–water partition coefficient (Wildman–Crippen LogP) is 3.77. The summed E-state index contributed by atoms with van der Waals surface area (Å²) in [6.07, 6.45) is 0.763. The van der Waals surface area contributed by atoms with Gasteiger partial charge >= 0.3 is 0 Å². The average molecular weight is 397 g/mol. The van der Waals surface area contributed by atoms with E-state index in [0.717, 1.165) is 29.0 Å². The Kier molecular flexibility index (Phi) is 5.87. The number of halogens is 1. The molecule has 0 aliphatic heterocycles. The van der Waals surface area contributed by atoms with Gasteiger partial charge in [-0.15, -0.1) is 0 Å². The van der Waals surface area contributed by atoms with Gasteiger partial charge in [0.2, 0.25) is 0 Å². The maximum Gasteiger partial charge on any atom is 0.123 e. The summed E-state index contributed by atoms with van der Waals surface area (Å²) < 4.78 is 12.4. The third-order valence-corrected chi connectivity index (χ3v) is 3.84. The minimum atomic E-state index is 0.0813. The molecule has 0 bridgehead atoms. The zero-order valence-electron chi connectivity index (χ0n) is 12.3. The van der Waals surface area contributed by atoms with Crippen LogP contribution in [0.4, 0.5) is 0 Å². The number of hydrogen-bond acceptors (Lipinski definition) is 3. The number of ether oxygens (including phenoxy) is 2. The standard InChI is InChI=1S/C17H20INO2/c1-12(19)9-14-10-16(20-2)7-8-17(14)21-11-13-3-5-15(18)6-4-13/h3-8,10,12H,9,11,19H2,1-2H3. The second-order valence-electron chi connectivity index (χ2n) is 5.07. The minimum Gasteiger partial charge on any atom is -0.497 e. The lowest BCUT2D eigenvalue weighted by atomic mass is 10.1. The van der Waals surface area contributed by atoms with Crippen LogP contribution in [0.25, 0.3) is 0 Å². The van der Waals surface area contributed by atoms with Crippen LogP contribution in [0.15, 0.2) is 42.5 Å². The molecule has 112 valence electrons. The van der Waals surface area contributed by atoms with Crippen LogP contribution in [0.5, 0.6) is 11.5 Å². The Morgan fingerprint density at radius 3 is 2.48 bits per heavy atom. The van der Waals surface area contributed by atoms with Gasteiger partial charge in [0, 0.05) is 9.61 Å². The number of rotatable bonds is 6. The van der Waals surface area contributed by atoms with E-state index >= 15 is 0 Å². The molecule has 0 spiro atoms. The minimum absolute atomic E-state index is 0.0813. The molecule has 0 saturated carbocycles.